The fraction of sp³-hybridized carbons (Fsp3) is 0.400. The lowest BCUT2D eigenvalue weighted by molar-refractivity contribution is -0.618. The van der Waals surface area contributed by atoms with E-state index in [0.717, 1.165) is 21.6 Å². The lowest BCUT2D eigenvalue weighted by atomic mass is 10.1. The summed E-state index contributed by atoms with van der Waals surface area (Å²) in [7, 11) is 0. The Hall–Kier alpha value is -2.26. The maximum Gasteiger partial charge on any atom is 0.471 e. The van der Waals surface area contributed by atoms with E-state index in [9.17, 15) is 23.1 Å². The lowest BCUT2D eigenvalue weighted by Crippen LogP contribution is -2.86. The highest BCUT2D eigenvalue weighted by Gasteiger charge is 2.52. The Kier molecular flexibility index (Phi) is 4.98. The quantitative estimate of drug-likeness (QED) is 0.392. The first-order valence-corrected chi connectivity index (χ1v) is 10.3. The van der Waals surface area contributed by atoms with Crippen LogP contribution in [-0.4, -0.2) is 52.2 Å². The number of quaternary nitrogens is 1. The molecule has 3 atom stereocenters. The van der Waals surface area contributed by atoms with Crippen molar-refractivity contribution in [2.24, 2.45) is 5.92 Å². The van der Waals surface area contributed by atoms with E-state index >= 15 is 0 Å². The number of thioether (sulfide) groups is 1. The van der Waals surface area contributed by atoms with Crippen molar-refractivity contribution in [3.05, 3.63) is 52.7 Å². The number of alkyl halides is 3. The van der Waals surface area contributed by atoms with Gasteiger partial charge in [0.2, 0.25) is 0 Å². The molecule has 4 N–H and O–H groups in total. The number of hydrogen-bond donors (Lipinski definition) is 3. The Balaban J connectivity index is 1.65. The molecule has 0 saturated carbocycles. The van der Waals surface area contributed by atoms with Crippen LogP contribution in [0, 0.1) is 12.8 Å². The molecule has 2 heterocycles. The monoisotopic (exact) mass is 425 g/mol. The van der Waals surface area contributed by atoms with Gasteiger partial charge in [-0.25, -0.2) is 0 Å². The molecule has 0 bridgehead atoms. The van der Waals surface area contributed by atoms with Gasteiger partial charge in [0.25, 0.3) is 5.70 Å². The Morgan fingerprint density at radius 3 is 2.86 bits per heavy atom. The Labute approximate surface area is 170 Å². The van der Waals surface area contributed by atoms with Crippen LogP contribution in [0.15, 0.2) is 41.6 Å². The average Bonchev–Trinajstić information content (AvgIpc) is 3.16. The molecule has 1 aromatic rings. The number of carbonyl (C=O) groups excluding carboxylic acids is 1. The van der Waals surface area contributed by atoms with Crippen molar-refractivity contribution in [3.8, 4) is 0 Å². The second-order valence-electron chi connectivity index (χ2n) is 7.57. The van der Waals surface area contributed by atoms with Gasteiger partial charge in [-0.15, -0.1) is 0 Å². The van der Waals surface area contributed by atoms with Crippen LogP contribution in [0.3, 0.4) is 0 Å². The average molecular weight is 425 g/mol. The van der Waals surface area contributed by atoms with E-state index in [1.807, 2.05) is 54.8 Å². The standard InChI is InChI=1S/C20H20F3N3O2S/c1-10-4-3-5-12(6-10)17-16(25-11(2)29-17)18(27)26-9-13-7-14(13)15(26)8-24-19(28)20(21,22)23/h3-7,11,13,15,25H,8-9H2,1-2H3,(H,24,28)/p+2/t11?,13-,15-/m1/s1. The molecule has 1 aliphatic carbocycles. The van der Waals surface area contributed by atoms with Gasteiger partial charge >= 0.3 is 18.0 Å². The molecule has 1 unspecified atom stereocenters. The molecule has 1 saturated heterocycles. The number of rotatable bonds is 4. The van der Waals surface area contributed by atoms with Crippen molar-refractivity contribution in [1.29, 1.82) is 0 Å². The van der Waals surface area contributed by atoms with E-state index in [1.54, 1.807) is 16.3 Å². The summed E-state index contributed by atoms with van der Waals surface area (Å²) in [5.74, 6) is -1.75. The highest BCUT2D eigenvalue weighted by molar-refractivity contribution is 8.08. The summed E-state index contributed by atoms with van der Waals surface area (Å²) in [4.78, 5) is 12.2. The van der Waals surface area contributed by atoms with Gasteiger partial charge in [-0.2, -0.15) is 17.7 Å². The molecule has 3 aliphatic rings. The van der Waals surface area contributed by atoms with E-state index in [1.165, 1.54) is 0 Å². The number of carbonyl (C=O) groups is 1. The van der Waals surface area contributed by atoms with Crippen molar-refractivity contribution in [3.63, 3.8) is 0 Å². The van der Waals surface area contributed by atoms with E-state index in [4.69, 9.17) is 0 Å². The molecular formula is C20H22F3N3O2S+2. The molecule has 0 radical (unpaired) electrons. The van der Waals surface area contributed by atoms with E-state index in [2.05, 4.69) is 0 Å². The summed E-state index contributed by atoms with van der Waals surface area (Å²) in [6, 6.07) is 7.53. The van der Waals surface area contributed by atoms with Crippen LogP contribution in [0.1, 0.15) is 18.1 Å². The second kappa shape index (κ2) is 7.21. The minimum absolute atomic E-state index is 0.0534. The third-order valence-corrected chi connectivity index (χ3v) is 6.52. The number of aryl methyl sites for hydroxylation is 1. The van der Waals surface area contributed by atoms with Crippen LogP contribution in [0.2, 0.25) is 0 Å². The SMILES string of the molecule is Cc1cccc(C2=C(C(O)=[N+]3C[C@H]4C=C4[C@H]3CNC(=O)C(F)(F)F)[NH2+]C(C)S2)c1. The Morgan fingerprint density at radius 2 is 2.17 bits per heavy atom. The molecule has 5 nitrogen and oxygen atoms in total. The molecule has 0 aromatic heterocycles. The summed E-state index contributed by atoms with van der Waals surface area (Å²) >= 11 is 1.64. The van der Waals surface area contributed by atoms with Crippen LogP contribution in [0.5, 0.6) is 0 Å². The second-order valence-corrected chi connectivity index (χ2v) is 8.96. The maximum atomic E-state index is 12.5. The minimum atomic E-state index is -4.92. The first-order chi connectivity index (χ1) is 13.6. The molecule has 1 fully saturated rings. The van der Waals surface area contributed by atoms with Crippen LogP contribution in [0.4, 0.5) is 13.2 Å². The van der Waals surface area contributed by atoms with Gasteiger partial charge in [0.05, 0.1) is 17.4 Å². The summed E-state index contributed by atoms with van der Waals surface area (Å²) in [5.41, 5.74) is 3.77. The van der Waals surface area contributed by atoms with Gasteiger partial charge < -0.3 is 10.4 Å². The smallest absolute Gasteiger partial charge is 0.456 e. The number of aliphatic hydroxyl groups excluding tert-OH is 1. The van der Waals surface area contributed by atoms with E-state index in [-0.39, 0.29) is 23.7 Å². The van der Waals surface area contributed by atoms with Gasteiger partial charge in [0.15, 0.2) is 12.6 Å². The number of aliphatic hydroxyl groups is 1. The molecule has 0 spiro atoms. The Bertz CT molecular complexity index is 968. The van der Waals surface area contributed by atoms with Gasteiger partial charge in [-0.1, -0.05) is 47.7 Å². The highest BCUT2D eigenvalue weighted by Crippen LogP contribution is 2.41. The zero-order valence-corrected chi connectivity index (χ0v) is 16.8. The zero-order valence-electron chi connectivity index (χ0n) is 16.0. The topological polar surface area (TPSA) is 69.0 Å². The normalized spacial score (nSPS) is 27.6. The highest BCUT2D eigenvalue weighted by atomic mass is 32.2. The first-order valence-electron chi connectivity index (χ1n) is 9.37. The minimum Gasteiger partial charge on any atom is -0.456 e. The van der Waals surface area contributed by atoms with Crippen molar-refractivity contribution in [2.45, 2.75) is 31.4 Å². The van der Waals surface area contributed by atoms with Crippen molar-refractivity contribution in [1.82, 2.24) is 5.32 Å². The van der Waals surface area contributed by atoms with Gasteiger partial charge in [0.1, 0.15) is 5.37 Å². The molecule has 1 amide bonds. The number of fused-ring (bicyclic) bond motifs is 1. The molecule has 9 heteroatoms. The van der Waals surface area contributed by atoms with E-state index in [0.29, 0.717) is 12.2 Å². The van der Waals surface area contributed by atoms with Crippen LogP contribution < -0.4 is 10.6 Å². The molecular weight excluding hydrogens is 403 g/mol. The maximum absolute atomic E-state index is 12.5. The predicted molar refractivity (Wildman–Crippen MR) is 104 cm³/mol. The molecule has 2 aliphatic heterocycles. The molecule has 1 aromatic carbocycles. The van der Waals surface area contributed by atoms with Crippen LogP contribution >= 0.6 is 11.8 Å². The first kappa shape index (κ1) is 20.0. The van der Waals surface area contributed by atoms with Gasteiger partial charge in [-0.05, 0) is 19.4 Å². The largest absolute Gasteiger partial charge is 0.471 e. The fourth-order valence-electron chi connectivity index (χ4n) is 3.91. The number of nitrogens with one attached hydrogen (secondary N) is 1. The van der Waals surface area contributed by atoms with Crippen molar-refractivity contribution in [2.75, 3.05) is 13.1 Å². The molecule has 154 valence electrons. The van der Waals surface area contributed by atoms with Crippen LogP contribution in [-0.2, 0) is 4.79 Å². The number of amides is 1. The number of nitrogens with two attached hydrogens (primary N) is 1. The van der Waals surface area contributed by atoms with E-state index < -0.39 is 18.1 Å². The number of halogens is 3. The third kappa shape index (κ3) is 3.93. The summed E-state index contributed by atoms with van der Waals surface area (Å²) in [5, 5.41) is 15.2. The fourth-order valence-corrected chi connectivity index (χ4v) is 5.03. The zero-order chi connectivity index (χ0) is 20.9. The molecule has 29 heavy (non-hydrogen) atoms. The number of nitrogens with zero attached hydrogens (tertiary/aromatic N) is 1. The summed E-state index contributed by atoms with van der Waals surface area (Å²) in [6.07, 6.45) is -2.95. The third-order valence-electron chi connectivity index (χ3n) is 5.32. The van der Waals surface area contributed by atoms with Gasteiger partial charge in [0, 0.05) is 5.57 Å². The molecule has 4 rings (SSSR count). The lowest BCUT2D eigenvalue weighted by Gasteiger charge is -2.12. The summed E-state index contributed by atoms with van der Waals surface area (Å²) < 4.78 is 39.3. The van der Waals surface area contributed by atoms with Crippen molar-refractivity contribution >= 4 is 28.5 Å². The summed E-state index contributed by atoms with van der Waals surface area (Å²) in [6.45, 7) is 4.34. The van der Waals surface area contributed by atoms with Crippen LogP contribution in [0.25, 0.3) is 4.91 Å². The predicted octanol–water partition coefficient (Wildman–Crippen LogP) is 1.91. The Morgan fingerprint density at radius 1 is 1.41 bits per heavy atom. The van der Waals surface area contributed by atoms with Gasteiger partial charge in [-0.3, -0.25) is 10.1 Å². The number of benzene rings is 1. The number of hydrogen-bond acceptors (Lipinski definition) is 2. The van der Waals surface area contributed by atoms with Crippen molar-refractivity contribution < 1.29 is 33.0 Å².